The van der Waals surface area contributed by atoms with Gasteiger partial charge in [0.05, 0.1) is 0 Å². The minimum absolute atomic E-state index is 0.439. The number of nitrogens with two attached hydrogens (primary N) is 1. The van der Waals surface area contributed by atoms with Gasteiger partial charge in [-0.2, -0.15) is 0 Å². The smallest absolute Gasteiger partial charge is 0.331 e. The summed E-state index contributed by atoms with van der Waals surface area (Å²) in [6, 6.07) is 1.87. The molecule has 1 heterocycles. The first kappa shape index (κ1) is 9.27. The molecule has 0 amide bonds. The average molecular weight is 195 g/mol. The first-order valence-electron chi connectivity index (χ1n) is 4.66. The quantitative estimate of drug-likeness (QED) is 0.705. The molecule has 1 atom stereocenters. The van der Waals surface area contributed by atoms with Crippen LogP contribution in [0, 0.1) is 6.92 Å². The van der Waals surface area contributed by atoms with Crippen LogP contribution < -0.4 is 5.73 Å². The summed E-state index contributed by atoms with van der Waals surface area (Å²) in [4.78, 5) is 11.1. The Labute approximate surface area is 81.7 Å². The third-order valence-electron chi connectivity index (χ3n) is 2.74. The summed E-state index contributed by atoms with van der Waals surface area (Å²) in [6.45, 7) is 1.81. The summed E-state index contributed by atoms with van der Waals surface area (Å²) in [5.74, 6) is 0.162. The molecule has 76 valence electrons. The minimum Gasteiger partial charge on any atom is -0.480 e. The van der Waals surface area contributed by atoms with Gasteiger partial charge < -0.3 is 15.3 Å². The van der Waals surface area contributed by atoms with Gasteiger partial charge in [-0.3, -0.25) is 0 Å². The number of carboxylic acid groups (broad SMARTS) is 1. The normalized spacial score (nSPS) is 25.9. The second-order valence-electron chi connectivity index (χ2n) is 3.84. The van der Waals surface area contributed by atoms with Gasteiger partial charge >= 0.3 is 5.97 Å². The number of carboxylic acids is 1. The highest BCUT2D eigenvalue weighted by Crippen LogP contribution is 2.35. The molecule has 4 nitrogen and oxygen atoms in total. The number of hydrogen-bond donors (Lipinski definition) is 2. The average Bonchev–Trinajstić information content (AvgIpc) is 2.47. The molecular formula is C10H13NO3. The molecule has 1 aliphatic carbocycles. The largest absolute Gasteiger partial charge is 0.480 e. The van der Waals surface area contributed by atoms with E-state index in [0.29, 0.717) is 12.2 Å². The van der Waals surface area contributed by atoms with Gasteiger partial charge in [0.1, 0.15) is 11.5 Å². The molecule has 0 fully saturated rings. The Kier molecular flexibility index (Phi) is 1.89. The number of rotatable bonds is 1. The topological polar surface area (TPSA) is 76.5 Å². The van der Waals surface area contributed by atoms with E-state index in [0.717, 1.165) is 24.2 Å². The van der Waals surface area contributed by atoms with Crippen molar-refractivity contribution in [2.24, 2.45) is 5.73 Å². The Morgan fingerprint density at radius 1 is 1.71 bits per heavy atom. The molecule has 0 radical (unpaired) electrons. The Bertz CT molecular complexity index is 383. The fourth-order valence-electron chi connectivity index (χ4n) is 2.01. The molecule has 0 aliphatic heterocycles. The van der Waals surface area contributed by atoms with E-state index < -0.39 is 11.5 Å². The SMILES string of the molecule is Cc1cc2c(o1)C(N)(C(=O)O)CCC2. The first-order chi connectivity index (χ1) is 6.54. The van der Waals surface area contributed by atoms with E-state index in [1.165, 1.54) is 0 Å². The van der Waals surface area contributed by atoms with E-state index in [-0.39, 0.29) is 0 Å². The first-order valence-corrected chi connectivity index (χ1v) is 4.66. The minimum atomic E-state index is -1.32. The van der Waals surface area contributed by atoms with Gasteiger partial charge in [0.25, 0.3) is 0 Å². The maximum atomic E-state index is 11.1. The van der Waals surface area contributed by atoms with Crippen molar-refractivity contribution in [3.63, 3.8) is 0 Å². The molecule has 0 aromatic carbocycles. The van der Waals surface area contributed by atoms with Crippen molar-refractivity contribution in [1.29, 1.82) is 0 Å². The highest BCUT2D eigenvalue weighted by molar-refractivity contribution is 5.80. The predicted octanol–water partition coefficient (Wildman–Crippen LogP) is 1.16. The number of aryl methyl sites for hydroxylation is 2. The van der Waals surface area contributed by atoms with Crippen LogP contribution in [0.5, 0.6) is 0 Å². The van der Waals surface area contributed by atoms with Crippen LogP contribution >= 0.6 is 0 Å². The molecule has 4 heteroatoms. The summed E-state index contributed by atoms with van der Waals surface area (Å²) in [6.07, 6.45) is 2.11. The molecule has 0 saturated carbocycles. The standard InChI is InChI=1S/C10H13NO3/c1-6-5-7-3-2-4-10(11,9(12)13)8(7)14-6/h5H,2-4,11H2,1H3,(H,12,13). The fourth-order valence-corrected chi connectivity index (χ4v) is 2.01. The monoisotopic (exact) mass is 195 g/mol. The molecule has 3 N–H and O–H groups in total. The zero-order valence-corrected chi connectivity index (χ0v) is 8.04. The van der Waals surface area contributed by atoms with Crippen LogP contribution in [0.3, 0.4) is 0 Å². The summed E-state index contributed by atoms with van der Waals surface area (Å²) in [5, 5.41) is 9.07. The second kappa shape index (κ2) is 2.85. The lowest BCUT2D eigenvalue weighted by atomic mass is 9.82. The van der Waals surface area contributed by atoms with E-state index in [4.69, 9.17) is 15.3 Å². The third-order valence-corrected chi connectivity index (χ3v) is 2.74. The van der Waals surface area contributed by atoms with Gasteiger partial charge in [-0.25, -0.2) is 4.79 Å². The number of fused-ring (bicyclic) bond motifs is 1. The van der Waals surface area contributed by atoms with E-state index in [1.54, 1.807) is 6.92 Å². The van der Waals surface area contributed by atoms with Crippen LogP contribution in [-0.2, 0) is 16.8 Å². The van der Waals surface area contributed by atoms with Gasteiger partial charge in [-0.15, -0.1) is 0 Å². The van der Waals surface area contributed by atoms with Crippen LogP contribution in [0.15, 0.2) is 10.5 Å². The lowest BCUT2D eigenvalue weighted by Crippen LogP contribution is -2.46. The predicted molar refractivity (Wildman–Crippen MR) is 49.9 cm³/mol. The Balaban J connectivity index is 2.54. The maximum absolute atomic E-state index is 11.1. The summed E-state index contributed by atoms with van der Waals surface area (Å²) in [5.41, 5.74) is 5.46. The molecule has 1 aliphatic rings. The highest BCUT2D eigenvalue weighted by atomic mass is 16.4. The molecular weight excluding hydrogens is 182 g/mol. The third kappa shape index (κ3) is 1.14. The van der Waals surface area contributed by atoms with Crippen molar-refractivity contribution in [3.8, 4) is 0 Å². The van der Waals surface area contributed by atoms with Crippen LogP contribution in [0.4, 0.5) is 0 Å². The van der Waals surface area contributed by atoms with E-state index in [2.05, 4.69) is 0 Å². The van der Waals surface area contributed by atoms with Crippen LogP contribution in [-0.4, -0.2) is 11.1 Å². The molecule has 0 spiro atoms. The summed E-state index contributed by atoms with van der Waals surface area (Å²) in [7, 11) is 0. The maximum Gasteiger partial charge on any atom is 0.331 e. The van der Waals surface area contributed by atoms with Crippen molar-refractivity contribution in [2.45, 2.75) is 31.7 Å². The Morgan fingerprint density at radius 3 is 3.07 bits per heavy atom. The van der Waals surface area contributed by atoms with Crippen LogP contribution in [0.2, 0.25) is 0 Å². The van der Waals surface area contributed by atoms with Crippen molar-refractivity contribution < 1.29 is 14.3 Å². The summed E-state index contributed by atoms with van der Waals surface area (Å²) < 4.78 is 5.38. The number of aliphatic carboxylic acids is 1. The van der Waals surface area contributed by atoms with E-state index >= 15 is 0 Å². The molecule has 1 aromatic heterocycles. The lowest BCUT2D eigenvalue weighted by Gasteiger charge is -2.27. The van der Waals surface area contributed by atoms with Crippen molar-refractivity contribution in [2.75, 3.05) is 0 Å². The zero-order chi connectivity index (χ0) is 10.3. The van der Waals surface area contributed by atoms with E-state index in [1.807, 2.05) is 6.07 Å². The molecule has 0 saturated heterocycles. The molecule has 14 heavy (non-hydrogen) atoms. The molecule has 1 unspecified atom stereocenters. The van der Waals surface area contributed by atoms with Crippen molar-refractivity contribution in [3.05, 3.63) is 23.2 Å². The van der Waals surface area contributed by atoms with Gasteiger partial charge in [0, 0.05) is 0 Å². The van der Waals surface area contributed by atoms with Crippen molar-refractivity contribution in [1.82, 2.24) is 0 Å². The highest BCUT2D eigenvalue weighted by Gasteiger charge is 2.43. The van der Waals surface area contributed by atoms with E-state index in [9.17, 15) is 4.79 Å². The van der Waals surface area contributed by atoms with Crippen LogP contribution in [0.25, 0.3) is 0 Å². The molecule has 0 bridgehead atoms. The summed E-state index contributed by atoms with van der Waals surface area (Å²) >= 11 is 0. The lowest BCUT2D eigenvalue weighted by molar-refractivity contribution is -0.145. The Morgan fingerprint density at radius 2 is 2.43 bits per heavy atom. The zero-order valence-electron chi connectivity index (χ0n) is 8.04. The van der Waals surface area contributed by atoms with Gasteiger partial charge in [0.15, 0.2) is 5.54 Å². The van der Waals surface area contributed by atoms with Gasteiger partial charge in [-0.05, 0) is 37.8 Å². The van der Waals surface area contributed by atoms with Crippen molar-refractivity contribution >= 4 is 5.97 Å². The van der Waals surface area contributed by atoms with Gasteiger partial charge in [-0.1, -0.05) is 0 Å². The number of furan rings is 1. The fraction of sp³-hybridized carbons (Fsp3) is 0.500. The Hall–Kier alpha value is -1.29. The molecule has 1 aromatic rings. The number of hydrogen-bond acceptors (Lipinski definition) is 3. The number of carbonyl (C=O) groups is 1. The van der Waals surface area contributed by atoms with Gasteiger partial charge in [0.2, 0.25) is 0 Å². The second-order valence-corrected chi connectivity index (χ2v) is 3.84. The van der Waals surface area contributed by atoms with Crippen LogP contribution in [0.1, 0.15) is 29.9 Å². The molecule has 2 rings (SSSR count).